The standard InChI is InChI=1S/C29H36N8O2/c1-17(38)24-13-20-14-30-29(34-26(20)27(32-24)37-21-4-5-22(37)7-6-21)33-25-8-3-18-16-36(12-10-23(18)31-25)28(39)19-9-11-35(2)15-19/h3,8,13-14,17,19,21-22,38H,4-7,9-12,15-16H2,1-2H3,(H,30,31,33,34)/t17?,19-,21?,22?/m0/s1. The Hall–Kier alpha value is -3.37. The molecule has 10 heteroatoms. The minimum atomic E-state index is -0.656. The topological polar surface area (TPSA) is 111 Å². The van der Waals surface area contributed by atoms with Crippen LogP contribution in [-0.2, 0) is 17.8 Å². The fourth-order valence-electron chi connectivity index (χ4n) is 6.94. The molecule has 204 valence electrons. The van der Waals surface area contributed by atoms with Gasteiger partial charge < -0.3 is 25.1 Å². The van der Waals surface area contributed by atoms with Gasteiger partial charge in [-0.2, -0.15) is 0 Å². The van der Waals surface area contributed by atoms with Crippen molar-refractivity contribution < 1.29 is 9.90 Å². The molecule has 0 aromatic carbocycles. The van der Waals surface area contributed by atoms with Crippen molar-refractivity contribution in [2.75, 3.05) is 36.9 Å². The molecule has 2 bridgehead atoms. The van der Waals surface area contributed by atoms with Crippen molar-refractivity contribution in [2.45, 2.75) is 70.2 Å². The van der Waals surface area contributed by atoms with E-state index in [2.05, 4.69) is 33.2 Å². The Bertz CT molecular complexity index is 1410. The van der Waals surface area contributed by atoms with Crippen LogP contribution in [0.15, 0.2) is 24.4 Å². The average Bonchev–Trinajstić information content (AvgIpc) is 3.68. The number of carbonyl (C=O) groups excluding carboxylic acids is 1. The number of pyridine rings is 2. The number of nitrogens with one attached hydrogen (secondary N) is 1. The van der Waals surface area contributed by atoms with Crippen LogP contribution >= 0.6 is 0 Å². The molecule has 0 aliphatic carbocycles. The molecular weight excluding hydrogens is 492 g/mol. The Balaban J connectivity index is 1.13. The van der Waals surface area contributed by atoms with Gasteiger partial charge in [0, 0.05) is 55.4 Å². The highest BCUT2D eigenvalue weighted by Crippen LogP contribution is 2.42. The maximum atomic E-state index is 13.0. The molecule has 3 saturated heterocycles. The second-order valence-electron chi connectivity index (χ2n) is 11.7. The number of likely N-dealkylation sites (tertiary alicyclic amines) is 1. The van der Waals surface area contributed by atoms with Crippen LogP contribution in [0.1, 0.15) is 62.1 Å². The summed E-state index contributed by atoms with van der Waals surface area (Å²) in [4.78, 5) is 38.9. The van der Waals surface area contributed by atoms with Crippen LogP contribution in [0.25, 0.3) is 10.9 Å². The Morgan fingerprint density at radius 2 is 1.87 bits per heavy atom. The summed E-state index contributed by atoms with van der Waals surface area (Å²) in [7, 11) is 2.08. The molecule has 3 fully saturated rings. The third-order valence-electron chi connectivity index (χ3n) is 9.03. The number of aliphatic hydroxyl groups excluding tert-OH is 1. The normalized spacial score (nSPS) is 25.4. The molecule has 1 amide bonds. The van der Waals surface area contributed by atoms with E-state index in [-0.39, 0.29) is 11.8 Å². The van der Waals surface area contributed by atoms with Crippen molar-refractivity contribution in [1.82, 2.24) is 29.7 Å². The molecule has 0 saturated carbocycles. The van der Waals surface area contributed by atoms with Gasteiger partial charge in [-0.05, 0) is 70.3 Å². The molecule has 3 aromatic rings. The van der Waals surface area contributed by atoms with Gasteiger partial charge in [-0.3, -0.25) is 4.79 Å². The maximum absolute atomic E-state index is 13.0. The van der Waals surface area contributed by atoms with Crippen LogP contribution in [0.2, 0.25) is 0 Å². The van der Waals surface area contributed by atoms with E-state index in [1.54, 1.807) is 6.92 Å². The number of carbonyl (C=O) groups is 1. The van der Waals surface area contributed by atoms with E-state index < -0.39 is 6.10 Å². The van der Waals surface area contributed by atoms with Crippen LogP contribution in [0.4, 0.5) is 17.6 Å². The molecule has 39 heavy (non-hydrogen) atoms. The Morgan fingerprint density at radius 3 is 2.59 bits per heavy atom. The van der Waals surface area contributed by atoms with Gasteiger partial charge in [-0.15, -0.1) is 0 Å². The lowest BCUT2D eigenvalue weighted by molar-refractivity contribution is -0.136. The summed E-state index contributed by atoms with van der Waals surface area (Å²) in [6, 6.07) is 6.88. The second kappa shape index (κ2) is 9.67. The lowest BCUT2D eigenvalue weighted by Crippen LogP contribution is -2.40. The first-order chi connectivity index (χ1) is 18.9. The van der Waals surface area contributed by atoms with Crippen LogP contribution < -0.4 is 10.2 Å². The molecule has 0 radical (unpaired) electrons. The van der Waals surface area contributed by atoms with Crippen LogP contribution in [0.3, 0.4) is 0 Å². The van der Waals surface area contributed by atoms with Crippen molar-refractivity contribution in [3.05, 3.63) is 41.3 Å². The van der Waals surface area contributed by atoms with E-state index in [1.165, 1.54) is 25.7 Å². The fraction of sp³-hybridized carbons (Fsp3) is 0.552. The molecule has 7 heterocycles. The molecule has 7 rings (SSSR count). The average molecular weight is 529 g/mol. The smallest absolute Gasteiger partial charge is 0.229 e. The highest BCUT2D eigenvalue weighted by molar-refractivity contribution is 5.90. The van der Waals surface area contributed by atoms with Gasteiger partial charge >= 0.3 is 0 Å². The summed E-state index contributed by atoms with van der Waals surface area (Å²) in [5.41, 5.74) is 3.58. The van der Waals surface area contributed by atoms with Crippen LogP contribution in [0, 0.1) is 5.92 Å². The number of rotatable bonds is 5. The fourth-order valence-corrected chi connectivity index (χ4v) is 6.94. The monoisotopic (exact) mass is 528 g/mol. The van der Waals surface area contributed by atoms with Crippen molar-refractivity contribution in [3.63, 3.8) is 0 Å². The van der Waals surface area contributed by atoms with E-state index in [0.717, 1.165) is 53.9 Å². The summed E-state index contributed by atoms with van der Waals surface area (Å²) in [6.45, 7) is 4.91. The highest BCUT2D eigenvalue weighted by Gasteiger charge is 2.41. The van der Waals surface area contributed by atoms with E-state index in [1.807, 2.05) is 23.2 Å². The van der Waals surface area contributed by atoms with Gasteiger partial charge in [0.15, 0.2) is 5.82 Å². The third kappa shape index (κ3) is 4.49. The number of amides is 1. The molecule has 2 atom stereocenters. The van der Waals surface area contributed by atoms with E-state index in [4.69, 9.17) is 15.0 Å². The van der Waals surface area contributed by atoms with Crippen molar-refractivity contribution in [3.8, 4) is 0 Å². The van der Waals surface area contributed by atoms with Gasteiger partial charge in [-0.25, -0.2) is 19.9 Å². The third-order valence-corrected chi connectivity index (χ3v) is 9.03. The summed E-state index contributed by atoms with van der Waals surface area (Å²) in [5.74, 6) is 2.41. The molecule has 3 aromatic heterocycles. The Morgan fingerprint density at radius 1 is 1.08 bits per heavy atom. The molecule has 10 nitrogen and oxygen atoms in total. The van der Waals surface area contributed by atoms with E-state index >= 15 is 0 Å². The minimum absolute atomic E-state index is 0.113. The maximum Gasteiger partial charge on any atom is 0.229 e. The molecular formula is C29H36N8O2. The highest BCUT2D eigenvalue weighted by atomic mass is 16.3. The van der Waals surface area contributed by atoms with Gasteiger partial charge in [0.1, 0.15) is 11.3 Å². The first-order valence-electron chi connectivity index (χ1n) is 14.3. The minimum Gasteiger partial charge on any atom is -0.387 e. The van der Waals surface area contributed by atoms with Crippen molar-refractivity contribution >= 4 is 34.4 Å². The zero-order valence-electron chi connectivity index (χ0n) is 22.7. The van der Waals surface area contributed by atoms with Crippen LogP contribution in [-0.4, -0.2) is 79.5 Å². The number of fused-ring (bicyclic) bond motifs is 4. The van der Waals surface area contributed by atoms with E-state index in [9.17, 15) is 9.90 Å². The second-order valence-corrected chi connectivity index (χ2v) is 11.7. The SMILES string of the molecule is CC(O)c1cc2cnc(Nc3ccc4c(n3)CCN(C(=O)[C@H]3CCN(C)C3)C4)nc2c(N2C3CCC2CC3)n1. The molecule has 4 aliphatic heterocycles. The van der Waals surface area contributed by atoms with Gasteiger partial charge in [0.05, 0.1) is 17.7 Å². The number of aliphatic hydroxyl groups is 1. The Kier molecular flexibility index (Phi) is 6.12. The summed E-state index contributed by atoms with van der Waals surface area (Å²) in [5, 5.41) is 14.5. The first kappa shape index (κ1) is 24.7. The van der Waals surface area contributed by atoms with Crippen molar-refractivity contribution in [1.29, 1.82) is 0 Å². The number of anilines is 3. The summed E-state index contributed by atoms with van der Waals surface area (Å²) in [6.07, 6.45) is 7.57. The zero-order valence-corrected chi connectivity index (χ0v) is 22.7. The lowest BCUT2D eigenvalue weighted by Gasteiger charge is -2.30. The quantitative estimate of drug-likeness (QED) is 0.516. The zero-order chi connectivity index (χ0) is 26.7. The summed E-state index contributed by atoms with van der Waals surface area (Å²) < 4.78 is 0. The lowest BCUT2D eigenvalue weighted by atomic mass is 10.0. The van der Waals surface area contributed by atoms with Gasteiger partial charge in [0.25, 0.3) is 0 Å². The largest absolute Gasteiger partial charge is 0.387 e. The van der Waals surface area contributed by atoms with E-state index in [0.29, 0.717) is 42.6 Å². The van der Waals surface area contributed by atoms with Crippen molar-refractivity contribution in [2.24, 2.45) is 5.92 Å². The number of hydrogen-bond donors (Lipinski definition) is 2. The number of hydrogen-bond acceptors (Lipinski definition) is 9. The van der Waals surface area contributed by atoms with Gasteiger partial charge in [-0.1, -0.05) is 6.07 Å². The summed E-state index contributed by atoms with van der Waals surface area (Å²) >= 11 is 0. The number of nitrogens with zero attached hydrogens (tertiary/aromatic N) is 7. The Labute approximate surface area is 228 Å². The molecule has 4 aliphatic rings. The molecule has 1 unspecified atom stereocenters. The molecule has 2 N–H and O–H groups in total. The van der Waals surface area contributed by atoms with Gasteiger partial charge in [0.2, 0.25) is 11.9 Å². The van der Waals surface area contributed by atoms with Crippen LogP contribution in [0.5, 0.6) is 0 Å². The predicted octanol–water partition coefficient (Wildman–Crippen LogP) is 3.18. The number of aromatic nitrogens is 4. The first-order valence-corrected chi connectivity index (χ1v) is 14.3. The molecule has 0 spiro atoms. The predicted molar refractivity (Wildman–Crippen MR) is 149 cm³/mol.